The number of piperazine rings is 1. The summed E-state index contributed by atoms with van der Waals surface area (Å²) in [5.74, 6) is 0.461. The molecule has 2 aromatic heterocycles. The molecule has 0 spiro atoms. The number of aromatic nitrogens is 3. The van der Waals surface area contributed by atoms with Crippen LogP contribution in [0, 0.1) is 0 Å². The summed E-state index contributed by atoms with van der Waals surface area (Å²) in [4.78, 5) is 38.0. The van der Waals surface area contributed by atoms with E-state index in [0.29, 0.717) is 41.5 Å². The predicted molar refractivity (Wildman–Crippen MR) is 120 cm³/mol. The number of benzene rings is 1. The molecule has 2 N–H and O–H groups in total. The van der Waals surface area contributed by atoms with E-state index in [2.05, 4.69) is 30.7 Å². The predicted octanol–water partition coefficient (Wildman–Crippen LogP) is 2.93. The molecule has 1 saturated heterocycles. The number of thiazole rings is 1. The molecule has 0 radical (unpaired) electrons. The lowest BCUT2D eigenvalue weighted by molar-refractivity contribution is -0.130. The van der Waals surface area contributed by atoms with Crippen LogP contribution in [0.1, 0.15) is 23.5 Å². The second kappa shape index (κ2) is 8.06. The fourth-order valence-electron chi connectivity index (χ4n) is 4.16. The summed E-state index contributed by atoms with van der Waals surface area (Å²) in [7, 11) is 1.55. The molecule has 5 rings (SSSR count). The van der Waals surface area contributed by atoms with Crippen LogP contribution in [0.3, 0.4) is 0 Å². The standard InChI is InChI=1S/C20H20ClN7O3S/c1-10(29)27-8-13-7-14-16(32-19(23-14)25-18(30)22-2)15(9-27)28(13)20-24-17(26-31-20)11-4-3-5-12(21)6-11/h3-6,13,15H,7-9H2,1-2H3,(H2,22,23,25,30). The molecule has 10 nitrogen and oxygen atoms in total. The van der Waals surface area contributed by atoms with E-state index in [4.69, 9.17) is 16.1 Å². The summed E-state index contributed by atoms with van der Waals surface area (Å²) in [6, 6.07) is 7.05. The number of fused-ring (bicyclic) bond motifs is 4. The summed E-state index contributed by atoms with van der Waals surface area (Å²) in [5.41, 5.74) is 1.68. The molecule has 2 aliphatic rings. The smallest absolute Gasteiger partial charge is 0.325 e. The molecule has 12 heteroatoms. The first-order valence-corrected chi connectivity index (χ1v) is 11.2. The highest BCUT2D eigenvalue weighted by atomic mass is 35.5. The van der Waals surface area contributed by atoms with E-state index in [9.17, 15) is 9.59 Å². The zero-order valence-corrected chi connectivity index (χ0v) is 18.9. The van der Waals surface area contributed by atoms with Crippen molar-refractivity contribution in [2.24, 2.45) is 0 Å². The van der Waals surface area contributed by atoms with Crippen molar-refractivity contribution < 1.29 is 14.1 Å². The van der Waals surface area contributed by atoms with Gasteiger partial charge in [0, 0.05) is 44.1 Å². The second-order valence-electron chi connectivity index (χ2n) is 7.65. The van der Waals surface area contributed by atoms with Crippen LogP contribution in [0.25, 0.3) is 11.4 Å². The molecule has 2 aliphatic heterocycles. The molecule has 4 heterocycles. The lowest BCUT2D eigenvalue weighted by atomic mass is 9.93. The molecule has 3 amide bonds. The van der Waals surface area contributed by atoms with Crippen molar-refractivity contribution >= 4 is 46.0 Å². The largest absolute Gasteiger partial charge is 0.341 e. The van der Waals surface area contributed by atoms with E-state index in [1.807, 2.05) is 17.0 Å². The van der Waals surface area contributed by atoms with Gasteiger partial charge in [-0.05, 0) is 12.1 Å². The first-order valence-electron chi connectivity index (χ1n) is 10.0. The minimum atomic E-state index is -0.329. The number of hydrogen-bond donors (Lipinski definition) is 2. The van der Waals surface area contributed by atoms with Crippen LogP contribution in [0.15, 0.2) is 28.8 Å². The van der Waals surface area contributed by atoms with Gasteiger partial charge in [0.05, 0.1) is 22.7 Å². The Hall–Kier alpha value is -3.18. The summed E-state index contributed by atoms with van der Waals surface area (Å²) >= 11 is 7.50. The zero-order chi connectivity index (χ0) is 22.4. The first kappa shape index (κ1) is 20.7. The number of nitrogens with zero attached hydrogens (tertiary/aromatic N) is 5. The number of nitrogens with one attached hydrogen (secondary N) is 2. The van der Waals surface area contributed by atoms with Gasteiger partial charge in [-0.25, -0.2) is 9.78 Å². The van der Waals surface area contributed by atoms with Gasteiger partial charge in [-0.1, -0.05) is 40.2 Å². The monoisotopic (exact) mass is 473 g/mol. The molecule has 2 unspecified atom stereocenters. The maximum absolute atomic E-state index is 12.2. The van der Waals surface area contributed by atoms with Crippen LogP contribution >= 0.6 is 22.9 Å². The van der Waals surface area contributed by atoms with Crippen LogP contribution < -0.4 is 15.5 Å². The van der Waals surface area contributed by atoms with Crippen molar-refractivity contribution in [3.05, 3.63) is 39.9 Å². The van der Waals surface area contributed by atoms with E-state index >= 15 is 0 Å². The van der Waals surface area contributed by atoms with Gasteiger partial charge in [0.1, 0.15) is 0 Å². The molecule has 1 fully saturated rings. The third kappa shape index (κ3) is 3.67. The number of anilines is 2. The fourth-order valence-corrected chi connectivity index (χ4v) is 5.43. The van der Waals surface area contributed by atoms with Gasteiger partial charge in [-0.15, -0.1) is 0 Å². The van der Waals surface area contributed by atoms with Gasteiger partial charge in [-0.2, -0.15) is 4.98 Å². The molecular weight excluding hydrogens is 454 g/mol. The molecule has 2 atom stereocenters. The summed E-state index contributed by atoms with van der Waals surface area (Å²) in [6.07, 6.45) is 0.594. The fraction of sp³-hybridized carbons (Fsp3) is 0.350. The van der Waals surface area contributed by atoms with Crippen molar-refractivity contribution in [3.63, 3.8) is 0 Å². The Labute approximate surface area is 192 Å². The highest BCUT2D eigenvalue weighted by Crippen LogP contribution is 2.44. The average Bonchev–Trinajstić information content (AvgIpc) is 3.40. The molecule has 166 valence electrons. The minimum Gasteiger partial charge on any atom is -0.341 e. The lowest BCUT2D eigenvalue weighted by Crippen LogP contribution is -2.59. The average molecular weight is 474 g/mol. The van der Waals surface area contributed by atoms with Crippen LogP contribution in [-0.4, -0.2) is 58.1 Å². The van der Waals surface area contributed by atoms with E-state index in [1.165, 1.54) is 11.3 Å². The number of hydrogen-bond acceptors (Lipinski definition) is 8. The van der Waals surface area contributed by atoms with Gasteiger partial charge in [0.15, 0.2) is 5.13 Å². The Morgan fingerprint density at radius 1 is 1.28 bits per heavy atom. The summed E-state index contributed by atoms with van der Waals surface area (Å²) in [5, 5.41) is 10.5. The van der Waals surface area contributed by atoms with Crippen LogP contribution in [0.4, 0.5) is 15.9 Å². The maximum atomic E-state index is 12.2. The highest BCUT2D eigenvalue weighted by Gasteiger charge is 2.45. The van der Waals surface area contributed by atoms with Crippen LogP contribution in [0.5, 0.6) is 0 Å². The Morgan fingerprint density at radius 2 is 2.12 bits per heavy atom. The number of carbonyl (C=O) groups excluding carboxylic acids is 2. The number of amides is 3. The minimum absolute atomic E-state index is 0.0153. The summed E-state index contributed by atoms with van der Waals surface area (Å²) < 4.78 is 5.66. The second-order valence-corrected chi connectivity index (χ2v) is 9.12. The molecule has 0 saturated carbocycles. The van der Waals surface area contributed by atoms with Gasteiger partial charge in [0.2, 0.25) is 11.7 Å². The Morgan fingerprint density at radius 3 is 2.88 bits per heavy atom. The van der Waals surface area contributed by atoms with E-state index < -0.39 is 0 Å². The molecule has 32 heavy (non-hydrogen) atoms. The van der Waals surface area contributed by atoms with Crippen LogP contribution in [0.2, 0.25) is 5.02 Å². The zero-order valence-electron chi connectivity index (χ0n) is 17.3. The maximum Gasteiger partial charge on any atom is 0.325 e. The van der Waals surface area contributed by atoms with Crippen molar-refractivity contribution in [1.29, 1.82) is 0 Å². The first-order chi connectivity index (χ1) is 15.4. The quantitative estimate of drug-likeness (QED) is 0.600. The number of urea groups is 1. The van der Waals surface area contributed by atoms with Gasteiger partial charge < -0.3 is 19.6 Å². The molecule has 3 aromatic rings. The highest BCUT2D eigenvalue weighted by molar-refractivity contribution is 7.16. The third-order valence-electron chi connectivity index (χ3n) is 5.62. The number of halogens is 1. The van der Waals surface area contributed by atoms with Crippen molar-refractivity contribution in [2.75, 3.05) is 30.4 Å². The van der Waals surface area contributed by atoms with E-state index in [-0.39, 0.29) is 24.0 Å². The van der Waals surface area contributed by atoms with Crippen LogP contribution in [-0.2, 0) is 11.2 Å². The van der Waals surface area contributed by atoms with Crippen molar-refractivity contribution in [1.82, 2.24) is 25.3 Å². The normalized spacial score (nSPS) is 19.5. The summed E-state index contributed by atoms with van der Waals surface area (Å²) in [6.45, 7) is 2.56. The number of carbonyl (C=O) groups is 2. The molecule has 1 aromatic carbocycles. The van der Waals surface area contributed by atoms with Crippen molar-refractivity contribution in [2.45, 2.75) is 25.4 Å². The lowest BCUT2D eigenvalue weighted by Gasteiger charge is -2.48. The van der Waals surface area contributed by atoms with Gasteiger partial charge >= 0.3 is 12.0 Å². The molecule has 2 bridgehead atoms. The van der Waals surface area contributed by atoms with Crippen molar-refractivity contribution in [3.8, 4) is 11.4 Å². The molecular formula is C20H20ClN7O3S. The Bertz CT molecular complexity index is 1200. The van der Waals surface area contributed by atoms with Gasteiger partial charge in [-0.3, -0.25) is 10.1 Å². The Kier molecular flexibility index (Phi) is 5.22. The topological polar surface area (TPSA) is 116 Å². The Balaban J connectivity index is 1.51. The third-order valence-corrected chi connectivity index (χ3v) is 6.97. The SMILES string of the molecule is CNC(=O)Nc1nc2c(s1)C1CN(C(C)=O)CC(C2)N1c1nc(-c2cccc(Cl)c2)no1. The van der Waals surface area contributed by atoms with E-state index in [1.54, 1.807) is 26.1 Å². The van der Waals surface area contributed by atoms with Gasteiger partial charge in [0.25, 0.3) is 0 Å². The number of rotatable bonds is 3. The van der Waals surface area contributed by atoms with E-state index in [0.717, 1.165) is 16.1 Å². The molecule has 0 aliphatic carbocycles.